The zero-order valence-electron chi connectivity index (χ0n) is 17.4. The molecule has 2 aromatic carbocycles. The number of aliphatic carboxylic acids is 1. The highest BCUT2D eigenvalue weighted by atomic mass is 16.4. The molecule has 1 unspecified atom stereocenters. The van der Waals surface area contributed by atoms with Gasteiger partial charge in [0.1, 0.15) is 0 Å². The number of rotatable bonds is 10. The van der Waals surface area contributed by atoms with Crippen LogP contribution < -0.4 is 10.6 Å². The molecular weight excluding hydrogens is 398 g/mol. The van der Waals surface area contributed by atoms with Gasteiger partial charge in [0, 0.05) is 29.6 Å². The standard InChI is InChI=1S/C22H25N5O4/c1-14-3-7-17(8-4-14)15(2)21(30)24-12-16-5-9-18(10-6-16)22(31)26-19(11-20(28)29)13-25-27-23/h3-10,15,19H,11-13H2,1-2H3,(H,24,30)(H,26,31)(H,28,29)/t15?,19-/m0/s1. The van der Waals surface area contributed by atoms with E-state index in [0.717, 1.165) is 16.7 Å². The van der Waals surface area contributed by atoms with Crippen molar-refractivity contribution in [1.29, 1.82) is 0 Å². The topological polar surface area (TPSA) is 144 Å². The first-order valence-corrected chi connectivity index (χ1v) is 9.77. The van der Waals surface area contributed by atoms with Crippen molar-refractivity contribution in [3.63, 3.8) is 0 Å². The van der Waals surface area contributed by atoms with Crippen molar-refractivity contribution in [3.8, 4) is 0 Å². The maximum Gasteiger partial charge on any atom is 0.305 e. The molecule has 0 radical (unpaired) electrons. The predicted molar refractivity (Wildman–Crippen MR) is 115 cm³/mol. The molecule has 0 saturated carbocycles. The van der Waals surface area contributed by atoms with Crippen molar-refractivity contribution in [2.75, 3.05) is 6.54 Å². The molecular formula is C22H25N5O4. The summed E-state index contributed by atoms with van der Waals surface area (Å²) in [6, 6.07) is 13.6. The minimum atomic E-state index is -1.11. The summed E-state index contributed by atoms with van der Waals surface area (Å²) in [4.78, 5) is 38.2. The van der Waals surface area contributed by atoms with Crippen LogP contribution in [0, 0.1) is 6.92 Å². The molecule has 0 saturated heterocycles. The van der Waals surface area contributed by atoms with Crippen LogP contribution in [0.4, 0.5) is 0 Å². The van der Waals surface area contributed by atoms with Crippen LogP contribution in [0.1, 0.15) is 46.3 Å². The van der Waals surface area contributed by atoms with Gasteiger partial charge in [0.05, 0.1) is 12.3 Å². The van der Waals surface area contributed by atoms with Crippen molar-refractivity contribution in [1.82, 2.24) is 10.6 Å². The number of carboxylic acids is 1. The second-order valence-electron chi connectivity index (χ2n) is 7.23. The summed E-state index contributed by atoms with van der Waals surface area (Å²) in [6.45, 7) is 4.00. The lowest BCUT2D eigenvalue weighted by Crippen LogP contribution is -2.38. The number of aryl methyl sites for hydroxylation is 1. The van der Waals surface area contributed by atoms with Crippen molar-refractivity contribution >= 4 is 17.8 Å². The van der Waals surface area contributed by atoms with Gasteiger partial charge in [-0.2, -0.15) is 0 Å². The predicted octanol–water partition coefficient (Wildman–Crippen LogP) is 3.30. The monoisotopic (exact) mass is 423 g/mol. The first kappa shape index (κ1) is 23.4. The maximum atomic E-state index is 12.4. The number of hydrogen-bond donors (Lipinski definition) is 3. The van der Waals surface area contributed by atoms with Crippen LogP contribution in [-0.2, 0) is 16.1 Å². The summed E-state index contributed by atoms with van der Waals surface area (Å²) in [6.07, 6.45) is -0.353. The van der Waals surface area contributed by atoms with E-state index in [4.69, 9.17) is 10.6 Å². The second kappa shape index (κ2) is 11.4. The molecule has 9 heteroatoms. The van der Waals surface area contributed by atoms with Crippen LogP contribution >= 0.6 is 0 Å². The number of benzene rings is 2. The summed E-state index contributed by atoms with van der Waals surface area (Å²) >= 11 is 0. The fourth-order valence-corrected chi connectivity index (χ4v) is 2.90. The summed E-state index contributed by atoms with van der Waals surface area (Å²) in [7, 11) is 0. The minimum absolute atomic E-state index is 0.0970. The van der Waals surface area contributed by atoms with E-state index in [1.807, 2.05) is 38.1 Å². The third-order valence-corrected chi connectivity index (χ3v) is 4.78. The number of amides is 2. The molecule has 2 atom stereocenters. The molecule has 0 aromatic heterocycles. The van der Waals surface area contributed by atoms with Crippen LogP contribution in [0.25, 0.3) is 10.4 Å². The molecule has 9 nitrogen and oxygen atoms in total. The van der Waals surface area contributed by atoms with Crippen molar-refractivity contribution in [2.45, 2.75) is 38.8 Å². The number of carbonyl (C=O) groups is 3. The zero-order chi connectivity index (χ0) is 22.8. The number of nitrogens with zero attached hydrogens (tertiary/aromatic N) is 3. The Balaban J connectivity index is 1.92. The molecule has 0 aliphatic carbocycles. The van der Waals surface area contributed by atoms with E-state index in [1.165, 1.54) is 0 Å². The van der Waals surface area contributed by atoms with Crippen LogP contribution in [0.3, 0.4) is 0 Å². The molecule has 2 rings (SSSR count). The average molecular weight is 423 g/mol. The van der Waals surface area contributed by atoms with Crippen molar-refractivity contribution < 1.29 is 19.5 Å². The summed E-state index contributed by atoms with van der Waals surface area (Å²) in [5.41, 5.74) is 11.6. The summed E-state index contributed by atoms with van der Waals surface area (Å²) < 4.78 is 0. The second-order valence-corrected chi connectivity index (χ2v) is 7.23. The SMILES string of the molecule is Cc1ccc(C(C)C(=O)NCc2ccc(C(=O)N[C@H](CN=[N+]=[N-])CC(=O)O)cc2)cc1. The zero-order valence-corrected chi connectivity index (χ0v) is 17.4. The number of carboxylic acid groups (broad SMARTS) is 1. The first-order valence-electron chi connectivity index (χ1n) is 9.77. The average Bonchev–Trinajstić information content (AvgIpc) is 2.75. The molecule has 0 fully saturated rings. The summed E-state index contributed by atoms with van der Waals surface area (Å²) in [5, 5.41) is 17.7. The van der Waals surface area contributed by atoms with Gasteiger partial charge < -0.3 is 15.7 Å². The Morgan fingerprint density at radius 3 is 2.32 bits per heavy atom. The quantitative estimate of drug-likeness (QED) is 0.306. The normalized spacial score (nSPS) is 12.2. The Hall–Kier alpha value is -3.84. The lowest BCUT2D eigenvalue weighted by Gasteiger charge is -2.15. The number of carbonyl (C=O) groups excluding carboxylic acids is 2. The Labute approximate surface area is 180 Å². The van der Waals surface area contributed by atoms with E-state index >= 15 is 0 Å². The van der Waals surface area contributed by atoms with E-state index in [1.54, 1.807) is 24.3 Å². The Bertz CT molecular complexity index is 962. The van der Waals surface area contributed by atoms with Gasteiger partial charge in [-0.15, -0.1) is 0 Å². The van der Waals surface area contributed by atoms with Crippen LogP contribution in [0.2, 0.25) is 0 Å². The third-order valence-electron chi connectivity index (χ3n) is 4.78. The van der Waals surface area contributed by atoms with Gasteiger partial charge in [-0.3, -0.25) is 14.4 Å². The van der Waals surface area contributed by atoms with Gasteiger partial charge in [0.15, 0.2) is 0 Å². The molecule has 0 aliphatic heterocycles. The van der Waals surface area contributed by atoms with E-state index in [-0.39, 0.29) is 24.8 Å². The molecule has 162 valence electrons. The van der Waals surface area contributed by atoms with E-state index in [9.17, 15) is 14.4 Å². The van der Waals surface area contributed by atoms with Crippen molar-refractivity contribution in [2.24, 2.45) is 5.11 Å². The van der Waals surface area contributed by atoms with Crippen molar-refractivity contribution in [3.05, 3.63) is 81.2 Å². The Kier molecular flexibility index (Phi) is 8.60. The smallest absolute Gasteiger partial charge is 0.305 e. The number of nitrogens with one attached hydrogen (secondary N) is 2. The maximum absolute atomic E-state index is 12.4. The molecule has 0 heterocycles. The van der Waals surface area contributed by atoms with E-state index in [2.05, 4.69) is 20.7 Å². The lowest BCUT2D eigenvalue weighted by molar-refractivity contribution is -0.137. The first-order chi connectivity index (χ1) is 14.8. The Morgan fingerprint density at radius 2 is 1.74 bits per heavy atom. The van der Waals surface area contributed by atoms with Gasteiger partial charge in [-0.1, -0.05) is 47.1 Å². The highest BCUT2D eigenvalue weighted by Gasteiger charge is 2.17. The lowest BCUT2D eigenvalue weighted by atomic mass is 9.99. The largest absolute Gasteiger partial charge is 0.481 e. The summed E-state index contributed by atoms with van der Waals surface area (Å²) in [5.74, 6) is -1.96. The third kappa shape index (κ3) is 7.49. The highest BCUT2D eigenvalue weighted by molar-refractivity contribution is 5.94. The fourth-order valence-electron chi connectivity index (χ4n) is 2.90. The minimum Gasteiger partial charge on any atom is -0.481 e. The highest BCUT2D eigenvalue weighted by Crippen LogP contribution is 2.16. The molecule has 2 amide bonds. The molecule has 2 aromatic rings. The molecule has 0 spiro atoms. The van der Waals surface area contributed by atoms with Gasteiger partial charge in [0.2, 0.25) is 5.91 Å². The number of hydrogen-bond acceptors (Lipinski definition) is 4. The fraction of sp³-hybridized carbons (Fsp3) is 0.318. The molecule has 0 aliphatic rings. The molecule has 31 heavy (non-hydrogen) atoms. The Morgan fingerprint density at radius 1 is 1.10 bits per heavy atom. The van der Waals surface area contributed by atoms with E-state index < -0.39 is 17.9 Å². The number of azide groups is 1. The van der Waals surface area contributed by atoms with Gasteiger partial charge in [-0.05, 0) is 42.6 Å². The van der Waals surface area contributed by atoms with Crippen LogP contribution in [-0.4, -0.2) is 35.5 Å². The van der Waals surface area contributed by atoms with E-state index in [0.29, 0.717) is 12.1 Å². The van der Waals surface area contributed by atoms with Gasteiger partial charge in [0.25, 0.3) is 5.91 Å². The van der Waals surface area contributed by atoms with Gasteiger partial charge in [-0.25, -0.2) is 0 Å². The molecule has 0 bridgehead atoms. The van der Waals surface area contributed by atoms with Crippen LogP contribution in [0.5, 0.6) is 0 Å². The van der Waals surface area contributed by atoms with Gasteiger partial charge >= 0.3 is 5.97 Å². The molecule has 3 N–H and O–H groups in total. The van der Waals surface area contributed by atoms with Crippen LogP contribution in [0.15, 0.2) is 53.6 Å².